The van der Waals surface area contributed by atoms with Crippen molar-refractivity contribution < 1.29 is 0 Å². The summed E-state index contributed by atoms with van der Waals surface area (Å²) < 4.78 is 2.20. The molecule has 1 saturated heterocycles. The number of piperidine rings is 1. The Bertz CT molecular complexity index is 558. The van der Waals surface area contributed by atoms with Gasteiger partial charge in [-0.1, -0.05) is 19.4 Å². The smallest absolute Gasteiger partial charge is 0.137 e. The van der Waals surface area contributed by atoms with Crippen LogP contribution < -0.4 is 0 Å². The first-order valence-corrected chi connectivity index (χ1v) is 7.45. The van der Waals surface area contributed by atoms with Crippen LogP contribution >= 0.6 is 0 Å². The van der Waals surface area contributed by atoms with E-state index in [9.17, 15) is 0 Å². The summed E-state index contributed by atoms with van der Waals surface area (Å²) in [7, 11) is 0. The van der Waals surface area contributed by atoms with Gasteiger partial charge in [0.25, 0.3) is 0 Å². The molecule has 0 aromatic carbocycles. The van der Waals surface area contributed by atoms with E-state index in [1.165, 1.54) is 37.2 Å². The Morgan fingerprint density at radius 1 is 1.32 bits per heavy atom. The number of likely N-dealkylation sites (N-methyl/N-ethyl adjacent to an activating group) is 1. The molecule has 1 unspecified atom stereocenters. The van der Waals surface area contributed by atoms with Crippen molar-refractivity contribution in [3.05, 3.63) is 35.8 Å². The highest BCUT2D eigenvalue weighted by Gasteiger charge is 2.22. The second-order valence-electron chi connectivity index (χ2n) is 5.61. The van der Waals surface area contributed by atoms with Crippen molar-refractivity contribution in [2.75, 3.05) is 13.1 Å². The van der Waals surface area contributed by atoms with Crippen molar-refractivity contribution in [2.45, 2.75) is 45.6 Å². The van der Waals surface area contributed by atoms with Gasteiger partial charge in [-0.05, 0) is 45.0 Å². The number of likely N-dealkylation sites (tertiary alicyclic amines) is 1. The summed E-state index contributed by atoms with van der Waals surface area (Å²) in [6.45, 7) is 6.83. The highest BCUT2D eigenvalue weighted by atomic mass is 15.2. The summed E-state index contributed by atoms with van der Waals surface area (Å²) in [5.41, 5.74) is 3.57. The standard InChI is InChI=1S/C16H23N3/c1-3-18-10-5-4-8-15(18)11-14-12-19-13(2)7-6-9-16(19)17-14/h6-7,9,12,15H,3-5,8,10-11H2,1-2H3. The van der Waals surface area contributed by atoms with Crippen LogP contribution in [0.25, 0.3) is 5.65 Å². The molecule has 1 fully saturated rings. The predicted molar refractivity (Wildman–Crippen MR) is 78.5 cm³/mol. The maximum absolute atomic E-state index is 4.77. The topological polar surface area (TPSA) is 20.5 Å². The number of nitrogens with zero attached hydrogens (tertiary/aromatic N) is 3. The second kappa shape index (κ2) is 5.33. The van der Waals surface area contributed by atoms with Gasteiger partial charge < -0.3 is 9.30 Å². The summed E-state index contributed by atoms with van der Waals surface area (Å²) in [4.78, 5) is 7.38. The molecule has 0 aliphatic carbocycles. The van der Waals surface area contributed by atoms with Crippen LogP contribution in [-0.4, -0.2) is 33.4 Å². The molecule has 0 saturated carbocycles. The maximum Gasteiger partial charge on any atom is 0.137 e. The zero-order chi connectivity index (χ0) is 13.2. The first-order chi connectivity index (χ1) is 9.28. The molecule has 2 aromatic rings. The van der Waals surface area contributed by atoms with E-state index in [4.69, 9.17) is 4.98 Å². The third-order valence-corrected chi connectivity index (χ3v) is 4.35. The minimum Gasteiger partial charge on any atom is -0.304 e. The average molecular weight is 257 g/mol. The van der Waals surface area contributed by atoms with Gasteiger partial charge in [0.05, 0.1) is 5.69 Å². The molecule has 1 atom stereocenters. The number of aryl methyl sites for hydroxylation is 1. The van der Waals surface area contributed by atoms with Gasteiger partial charge in [0.15, 0.2) is 0 Å². The van der Waals surface area contributed by atoms with Crippen molar-refractivity contribution in [2.24, 2.45) is 0 Å². The maximum atomic E-state index is 4.77. The van der Waals surface area contributed by atoms with Crippen LogP contribution in [0, 0.1) is 6.92 Å². The Kier molecular flexibility index (Phi) is 3.56. The summed E-state index contributed by atoms with van der Waals surface area (Å²) in [5.74, 6) is 0. The van der Waals surface area contributed by atoms with E-state index >= 15 is 0 Å². The van der Waals surface area contributed by atoms with Crippen LogP contribution in [0.3, 0.4) is 0 Å². The van der Waals surface area contributed by atoms with Gasteiger partial charge >= 0.3 is 0 Å². The quantitative estimate of drug-likeness (QED) is 0.842. The fourth-order valence-electron chi connectivity index (χ4n) is 3.25. The molecule has 3 heterocycles. The molecule has 0 amide bonds. The van der Waals surface area contributed by atoms with Crippen LogP contribution in [0.4, 0.5) is 0 Å². The van der Waals surface area contributed by atoms with E-state index in [2.05, 4.69) is 47.5 Å². The largest absolute Gasteiger partial charge is 0.304 e. The molecule has 0 spiro atoms. The van der Waals surface area contributed by atoms with Crippen molar-refractivity contribution >= 4 is 5.65 Å². The summed E-state index contributed by atoms with van der Waals surface area (Å²) >= 11 is 0. The van der Waals surface area contributed by atoms with Crippen LogP contribution in [0.15, 0.2) is 24.4 Å². The Morgan fingerprint density at radius 2 is 2.21 bits per heavy atom. The highest BCUT2D eigenvalue weighted by Crippen LogP contribution is 2.20. The number of pyridine rings is 1. The number of hydrogen-bond acceptors (Lipinski definition) is 2. The molecule has 3 rings (SSSR count). The average Bonchev–Trinajstić information content (AvgIpc) is 2.83. The van der Waals surface area contributed by atoms with Gasteiger partial charge in [0, 0.05) is 24.4 Å². The molecule has 2 aromatic heterocycles. The Hall–Kier alpha value is -1.35. The molecule has 19 heavy (non-hydrogen) atoms. The normalized spacial score (nSPS) is 21.1. The molecule has 0 bridgehead atoms. The van der Waals surface area contributed by atoms with Gasteiger partial charge in [-0.2, -0.15) is 0 Å². The minimum atomic E-state index is 0.684. The lowest BCUT2D eigenvalue weighted by molar-refractivity contribution is 0.155. The van der Waals surface area contributed by atoms with Crippen LogP contribution in [0.1, 0.15) is 37.6 Å². The third kappa shape index (κ3) is 2.52. The van der Waals surface area contributed by atoms with Crippen LogP contribution in [0.5, 0.6) is 0 Å². The Morgan fingerprint density at radius 3 is 3.00 bits per heavy atom. The van der Waals surface area contributed by atoms with E-state index in [0.29, 0.717) is 6.04 Å². The Labute approximate surface area is 115 Å². The number of fused-ring (bicyclic) bond motifs is 1. The van der Waals surface area contributed by atoms with Crippen molar-refractivity contribution in [3.8, 4) is 0 Å². The molecule has 3 heteroatoms. The number of aromatic nitrogens is 2. The fourth-order valence-corrected chi connectivity index (χ4v) is 3.25. The van der Waals surface area contributed by atoms with Gasteiger partial charge in [0.1, 0.15) is 5.65 Å². The lowest BCUT2D eigenvalue weighted by Gasteiger charge is -2.34. The van der Waals surface area contributed by atoms with Gasteiger partial charge in [-0.25, -0.2) is 4.98 Å². The van der Waals surface area contributed by atoms with E-state index in [0.717, 1.165) is 18.6 Å². The van der Waals surface area contributed by atoms with Gasteiger partial charge in [-0.3, -0.25) is 0 Å². The molecule has 102 valence electrons. The summed E-state index contributed by atoms with van der Waals surface area (Å²) in [6.07, 6.45) is 7.35. The highest BCUT2D eigenvalue weighted by molar-refractivity contribution is 5.41. The first kappa shape index (κ1) is 12.7. The van der Waals surface area contributed by atoms with Crippen molar-refractivity contribution in [3.63, 3.8) is 0 Å². The lowest BCUT2D eigenvalue weighted by atomic mass is 9.98. The molecular weight excluding hydrogens is 234 g/mol. The fraction of sp³-hybridized carbons (Fsp3) is 0.562. The third-order valence-electron chi connectivity index (χ3n) is 4.35. The second-order valence-corrected chi connectivity index (χ2v) is 5.61. The Balaban J connectivity index is 1.82. The monoisotopic (exact) mass is 257 g/mol. The number of hydrogen-bond donors (Lipinski definition) is 0. The molecule has 0 radical (unpaired) electrons. The molecular formula is C16H23N3. The molecule has 3 nitrogen and oxygen atoms in total. The van der Waals surface area contributed by atoms with E-state index in [1.807, 2.05) is 0 Å². The lowest BCUT2D eigenvalue weighted by Crippen LogP contribution is -2.40. The van der Waals surface area contributed by atoms with Crippen LogP contribution in [0.2, 0.25) is 0 Å². The van der Waals surface area contributed by atoms with E-state index < -0.39 is 0 Å². The van der Waals surface area contributed by atoms with E-state index in [-0.39, 0.29) is 0 Å². The molecule has 1 aliphatic heterocycles. The minimum absolute atomic E-state index is 0.684. The zero-order valence-corrected chi connectivity index (χ0v) is 12.0. The van der Waals surface area contributed by atoms with Crippen LogP contribution in [-0.2, 0) is 6.42 Å². The zero-order valence-electron chi connectivity index (χ0n) is 12.0. The summed E-state index contributed by atoms with van der Waals surface area (Å²) in [5, 5.41) is 0. The predicted octanol–water partition coefficient (Wildman–Crippen LogP) is 3.06. The number of imidazole rings is 1. The number of rotatable bonds is 3. The molecule has 1 aliphatic rings. The SMILES string of the molecule is CCN1CCCCC1Cc1cn2c(C)cccc2n1. The van der Waals surface area contributed by atoms with Gasteiger partial charge in [-0.15, -0.1) is 0 Å². The summed E-state index contributed by atoms with van der Waals surface area (Å²) in [6, 6.07) is 7.00. The molecule has 0 N–H and O–H groups in total. The van der Waals surface area contributed by atoms with Crippen molar-refractivity contribution in [1.29, 1.82) is 0 Å². The van der Waals surface area contributed by atoms with Gasteiger partial charge in [0.2, 0.25) is 0 Å². The first-order valence-electron chi connectivity index (χ1n) is 7.45. The van der Waals surface area contributed by atoms with E-state index in [1.54, 1.807) is 0 Å². The van der Waals surface area contributed by atoms with Crippen molar-refractivity contribution in [1.82, 2.24) is 14.3 Å².